The van der Waals surface area contributed by atoms with Crippen molar-refractivity contribution in [3.05, 3.63) is 182 Å². The van der Waals surface area contributed by atoms with Gasteiger partial charge in [0.25, 0.3) is 0 Å². The van der Waals surface area contributed by atoms with E-state index >= 15 is 0 Å². The van der Waals surface area contributed by atoms with E-state index in [1.54, 1.807) is 0 Å². The topological polar surface area (TPSA) is 69.9 Å². The van der Waals surface area contributed by atoms with E-state index in [1.165, 1.54) is 16.3 Å². The second-order valence-electron chi connectivity index (χ2n) is 14.4. The molecular weight excluding hydrogens is 701 g/mol. The minimum absolute atomic E-state index is 0.541. The summed E-state index contributed by atoms with van der Waals surface area (Å²) in [6.45, 7) is 0. The van der Waals surface area contributed by atoms with Crippen LogP contribution in [0.25, 0.3) is 117 Å². The Hall–Kier alpha value is -7.83. The van der Waals surface area contributed by atoms with Crippen LogP contribution in [0, 0.1) is 0 Å². The molecule has 0 amide bonds. The molecule has 0 aliphatic rings. The maximum atomic E-state index is 6.80. The molecule has 0 unspecified atom stereocenters. The summed E-state index contributed by atoms with van der Waals surface area (Å²) in [7, 11) is 0. The Morgan fingerprint density at radius 1 is 0.333 bits per heavy atom. The van der Waals surface area contributed by atoms with Crippen LogP contribution in [-0.4, -0.2) is 19.5 Å². The standard InChI is InChI=1S/C51H30N4O2/c1-3-13-31(14-4-1)49-52-50(54-51(53-49)41-22-12-21-39-37-18-8-10-24-45(37)56-48(39)41)33-25-27-38-40-20-11-19-35(47(40)57-46(38)30-33)32-26-28-44-42(29-32)36-17-7-9-23-43(36)55(44)34-15-5-2-6-16-34/h1-30H. The van der Waals surface area contributed by atoms with E-state index < -0.39 is 0 Å². The molecule has 57 heavy (non-hydrogen) atoms. The van der Waals surface area contributed by atoms with Crippen molar-refractivity contribution in [1.29, 1.82) is 0 Å². The molecule has 6 nitrogen and oxygen atoms in total. The fraction of sp³-hybridized carbons (Fsp3) is 0. The fourth-order valence-corrected chi connectivity index (χ4v) is 8.43. The summed E-state index contributed by atoms with van der Waals surface area (Å²) in [6.07, 6.45) is 0. The van der Waals surface area contributed by atoms with Gasteiger partial charge in [0.15, 0.2) is 17.5 Å². The van der Waals surface area contributed by atoms with Gasteiger partial charge in [-0.15, -0.1) is 0 Å². The van der Waals surface area contributed by atoms with Gasteiger partial charge in [-0.25, -0.2) is 15.0 Å². The van der Waals surface area contributed by atoms with E-state index in [2.05, 4.69) is 120 Å². The normalized spacial score (nSPS) is 11.9. The van der Waals surface area contributed by atoms with Crippen LogP contribution in [0.2, 0.25) is 0 Å². The van der Waals surface area contributed by atoms with Crippen molar-refractivity contribution < 1.29 is 8.83 Å². The second-order valence-corrected chi connectivity index (χ2v) is 14.4. The Labute approximate surface area is 325 Å². The minimum atomic E-state index is 0.541. The van der Waals surface area contributed by atoms with Gasteiger partial charge >= 0.3 is 0 Å². The Kier molecular flexibility index (Phi) is 6.83. The molecule has 0 fully saturated rings. The molecule has 4 heterocycles. The van der Waals surface area contributed by atoms with Crippen LogP contribution >= 0.6 is 0 Å². The van der Waals surface area contributed by atoms with Crippen LogP contribution in [0.5, 0.6) is 0 Å². The molecule has 4 aromatic heterocycles. The van der Waals surface area contributed by atoms with Crippen molar-refractivity contribution in [2.24, 2.45) is 0 Å². The molecule has 0 radical (unpaired) electrons. The van der Waals surface area contributed by atoms with Crippen LogP contribution in [0.4, 0.5) is 0 Å². The number of benzene rings is 8. The highest BCUT2D eigenvalue weighted by Crippen LogP contribution is 2.41. The van der Waals surface area contributed by atoms with E-state index in [1.807, 2.05) is 66.7 Å². The van der Waals surface area contributed by atoms with Gasteiger partial charge in [-0.05, 0) is 60.2 Å². The number of rotatable bonds is 5. The van der Waals surface area contributed by atoms with E-state index in [0.717, 1.165) is 82.9 Å². The quantitative estimate of drug-likeness (QED) is 0.176. The summed E-state index contributed by atoms with van der Waals surface area (Å²) in [5.41, 5.74) is 11.3. The first-order valence-corrected chi connectivity index (χ1v) is 19.0. The average Bonchev–Trinajstić information content (AvgIpc) is 3.96. The van der Waals surface area contributed by atoms with Crippen molar-refractivity contribution in [3.8, 4) is 51.0 Å². The molecule has 0 N–H and O–H groups in total. The van der Waals surface area contributed by atoms with Gasteiger partial charge in [0.05, 0.1) is 16.6 Å². The maximum absolute atomic E-state index is 6.80. The first kappa shape index (κ1) is 31.5. The van der Waals surface area contributed by atoms with Crippen molar-refractivity contribution in [3.63, 3.8) is 0 Å². The van der Waals surface area contributed by atoms with Crippen LogP contribution in [0.15, 0.2) is 191 Å². The average molecular weight is 731 g/mol. The fourth-order valence-electron chi connectivity index (χ4n) is 8.43. The molecule has 12 rings (SSSR count). The summed E-state index contributed by atoms with van der Waals surface area (Å²) >= 11 is 0. The van der Waals surface area contributed by atoms with Gasteiger partial charge in [-0.3, -0.25) is 0 Å². The number of para-hydroxylation sites is 5. The molecule has 0 spiro atoms. The Morgan fingerprint density at radius 3 is 1.74 bits per heavy atom. The molecule has 0 aliphatic heterocycles. The molecule has 8 aromatic carbocycles. The molecule has 0 aliphatic carbocycles. The number of hydrogen-bond donors (Lipinski definition) is 0. The molecule has 0 saturated carbocycles. The smallest absolute Gasteiger partial charge is 0.167 e. The SMILES string of the molecule is c1ccc(-c2nc(-c3ccc4c(c3)oc3c(-c5ccc6c(c5)c5ccccc5n6-c5ccccc5)cccc34)nc(-c3cccc4c3oc3ccccc34)n2)cc1. The van der Waals surface area contributed by atoms with Crippen LogP contribution in [0.1, 0.15) is 0 Å². The molecule has 6 heteroatoms. The van der Waals surface area contributed by atoms with Crippen LogP contribution in [-0.2, 0) is 0 Å². The van der Waals surface area contributed by atoms with E-state index in [4.69, 9.17) is 23.8 Å². The number of nitrogens with zero attached hydrogens (tertiary/aromatic N) is 4. The lowest BCUT2D eigenvalue weighted by Gasteiger charge is -2.08. The maximum Gasteiger partial charge on any atom is 0.167 e. The summed E-state index contributed by atoms with van der Waals surface area (Å²) in [5.74, 6) is 1.68. The van der Waals surface area contributed by atoms with Crippen molar-refractivity contribution in [2.45, 2.75) is 0 Å². The number of furan rings is 2. The predicted molar refractivity (Wildman–Crippen MR) is 230 cm³/mol. The summed E-state index contributed by atoms with van der Waals surface area (Å²) in [6, 6.07) is 62.7. The summed E-state index contributed by atoms with van der Waals surface area (Å²) < 4.78 is 15.6. The number of aromatic nitrogens is 4. The Bertz CT molecular complexity index is 3530. The highest BCUT2D eigenvalue weighted by atomic mass is 16.3. The molecular formula is C51H30N4O2. The third-order valence-corrected chi connectivity index (χ3v) is 11.1. The Balaban J connectivity index is 1.01. The lowest BCUT2D eigenvalue weighted by molar-refractivity contribution is 0.669. The molecule has 0 bridgehead atoms. The molecule has 0 atom stereocenters. The minimum Gasteiger partial charge on any atom is -0.455 e. The van der Waals surface area contributed by atoms with Crippen LogP contribution < -0.4 is 0 Å². The third-order valence-electron chi connectivity index (χ3n) is 11.1. The van der Waals surface area contributed by atoms with Crippen molar-refractivity contribution >= 4 is 65.7 Å². The predicted octanol–water partition coefficient (Wildman–Crippen LogP) is 13.4. The second kappa shape index (κ2) is 12.3. The van der Waals surface area contributed by atoms with Gasteiger partial charge in [0, 0.05) is 54.7 Å². The van der Waals surface area contributed by atoms with E-state index in [9.17, 15) is 0 Å². The number of fused-ring (bicyclic) bond motifs is 9. The van der Waals surface area contributed by atoms with E-state index in [-0.39, 0.29) is 0 Å². The van der Waals surface area contributed by atoms with Gasteiger partial charge in [-0.2, -0.15) is 0 Å². The molecule has 12 aromatic rings. The largest absolute Gasteiger partial charge is 0.455 e. The van der Waals surface area contributed by atoms with E-state index in [0.29, 0.717) is 17.5 Å². The lowest BCUT2D eigenvalue weighted by atomic mass is 10.00. The number of hydrogen-bond acceptors (Lipinski definition) is 5. The highest BCUT2D eigenvalue weighted by molar-refractivity contribution is 6.14. The first-order chi connectivity index (χ1) is 28.2. The zero-order valence-electron chi connectivity index (χ0n) is 30.4. The van der Waals surface area contributed by atoms with Crippen molar-refractivity contribution in [2.75, 3.05) is 0 Å². The van der Waals surface area contributed by atoms with Crippen molar-refractivity contribution in [1.82, 2.24) is 19.5 Å². The highest BCUT2D eigenvalue weighted by Gasteiger charge is 2.20. The molecule has 266 valence electrons. The molecule has 0 saturated heterocycles. The monoisotopic (exact) mass is 730 g/mol. The van der Waals surface area contributed by atoms with Gasteiger partial charge in [0.1, 0.15) is 22.3 Å². The van der Waals surface area contributed by atoms with Gasteiger partial charge in [0.2, 0.25) is 0 Å². The first-order valence-electron chi connectivity index (χ1n) is 19.0. The van der Waals surface area contributed by atoms with Crippen LogP contribution in [0.3, 0.4) is 0 Å². The zero-order chi connectivity index (χ0) is 37.5. The zero-order valence-corrected chi connectivity index (χ0v) is 30.4. The lowest BCUT2D eigenvalue weighted by Crippen LogP contribution is -2.00. The van der Waals surface area contributed by atoms with Gasteiger partial charge in [-0.1, -0.05) is 127 Å². The third kappa shape index (κ3) is 4.94. The summed E-state index contributed by atoms with van der Waals surface area (Å²) in [4.78, 5) is 15.1. The Morgan fingerprint density at radius 2 is 0.912 bits per heavy atom. The van der Waals surface area contributed by atoms with Gasteiger partial charge < -0.3 is 13.4 Å². The summed E-state index contributed by atoms with van der Waals surface area (Å²) in [5, 5.41) is 6.57.